The van der Waals surface area contributed by atoms with Crippen LogP contribution in [0.1, 0.15) is 24.8 Å². The lowest BCUT2D eigenvalue weighted by atomic mass is 10.1. The molecule has 0 amide bonds. The van der Waals surface area contributed by atoms with E-state index in [4.69, 9.17) is 15.2 Å². The van der Waals surface area contributed by atoms with Crippen LogP contribution in [0.4, 0.5) is 5.69 Å². The molecule has 1 aromatic carbocycles. The first kappa shape index (κ1) is 11.3. The standard InChI is InChI=1S/C13H19NO2/c1-10-5-6-12(14)13(8-10)16-9-11-4-2-3-7-15-11/h5-6,8,11H,2-4,7,9,14H2,1H3/t11-/m1/s1. The molecule has 88 valence electrons. The molecule has 1 aliphatic heterocycles. The number of ether oxygens (including phenoxy) is 2. The van der Waals surface area contributed by atoms with E-state index in [0.29, 0.717) is 12.3 Å². The fraction of sp³-hybridized carbons (Fsp3) is 0.538. The average molecular weight is 221 g/mol. The second kappa shape index (κ2) is 5.21. The molecule has 0 aliphatic carbocycles. The third kappa shape index (κ3) is 2.89. The van der Waals surface area contributed by atoms with E-state index in [0.717, 1.165) is 24.3 Å². The highest BCUT2D eigenvalue weighted by Crippen LogP contribution is 2.23. The third-order valence-corrected chi connectivity index (χ3v) is 2.87. The molecule has 0 aromatic heterocycles. The van der Waals surface area contributed by atoms with Crippen LogP contribution in [-0.4, -0.2) is 19.3 Å². The smallest absolute Gasteiger partial charge is 0.142 e. The number of hydrogen-bond acceptors (Lipinski definition) is 3. The molecule has 0 saturated carbocycles. The lowest BCUT2D eigenvalue weighted by Crippen LogP contribution is -2.25. The summed E-state index contributed by atoms with van der Waals surface area (Å²) < 4.78 is 11.3. The van der Waals surface area contributed by atoms with Crippen molar-refractivity contribution < 1.29 is 9.47 Å². The SMILES string of the molecule is Cc1ccc(N)c(OC[C@H]2CCCCO2)c1. The molecule has 1 aliphatic rings. The van der Waals surface area contributed by atoms with Crippen molar-refractivity contribution in [1.29, 1.82) is 0 Å². The van der Waals surface area contributed by atoms with Crippen molar-refractivity contribution in [3.05, 3.63) is 23.8 Å². The van der Waals surface area contributed by atoms with E-state index < -0.39 is 0 Å². The van der Waals surface area contributed by atoms with Crippen molar-refractivity contribution in [2.24, 2.45) is 0 Å². The summed E-state index contributed by atoms with van der Waals surface area (Å²) >= 11 is 0. The number of aryl methyl sites for hydroxylation is 1. The van der Waals surface area contributed by atoms with Gasteiger partial charge in [0.2, 0.25) is 0 Å². The van der Waals surface area contributed by atoms with Gasteiger partial charge in [-0.3, -0.25) is 0 Å². The van der Waals surface area contributed by atoms with Gasteiger partial charge in [-0.15, -0.1) is 0 Å². The maximum Gasteiger partial charge on any atom is 0.142 e. The van der Waals surface area contributed by atoms with Gasteiger partial charge in [0.05, 0.1) is 11.8 Å². The van der Waals surface area contributed by atoms with E-state index in [-0.39, 0.29) is 6.10 Å². The summed E-state index contributed by atoms with van der Waals surface area (Å²) in [6.07, 6.45) is 3.72. The average Bonchev–Trinajstić information content (AvgIpc) is 2.32. The van der Waals surface area contributed by atoms with Gasteiger partial charge in [0.15, 0.2) is 0 Å². The summed E-state index contributed by atoms with van der Waals surface area (Å²) in [7, 11) is 0. The highest BCUT2D eigenvalue weighted by Gasteiger charge is 2.14. The minimum Gasteiger partial charge on any atom is -0.489 e. The van der Waals surface area contributed by atoms with Crippen molar-refractivity contribution in [3.8, 4) is 5.75 Å². The van der Waals surface area contributed by atoms with Gasteiger partial charge >= 0.3 is 0 Å². The van der Waals surface area contributed by atoms with Gasteiger partial charge in [0.25, 0.3) is 0 Å². The summed E-state index contributed by atoms with van der Waals surface area (Å²) in [6, 6.07) is 5.84. The van der Waals surface area contributed by atoms with Crippen LogP contribution in [0.3, 0.4) is 0 Å². The first-order chi connectivity index (χ1) is 7.75. The second-order valence-corrected chi connectivity index (χ2v) is 4.34. The summed E-state index contributed by atoms with van der Waals surface area (Å²) in [5.41, 5.74) is 7.70. The van der Waals surface area contributed by atoms with Crippen LogP contribution >= 0.6 is 0 Å². The monoisotopic (exact) mass is 221 g/mol. The predicted octanol–water partition coefficient (Wildman–Crippen LogP) is 2.53. The number of benzene rings is 1. The minimum atomic E-state index is 0.230. The van der Waals surface area contributed by atoms with Gasteiger partial charge in [-0.25, -0.2) is 0 Å². The Bertz CT molecular complexity index is 346. The topological polar surface area (TPSA) is 44.5 Å². The van der Waals surface area contributed by atoms with E-state index >= 15 is 0 Å². The Morgan fingerprint density at radius 3 is 3.06 bits per heavy atom. The fourth-order valence-electron chi connectivity index (χ4n) is 1.89. The number of anilines is 1. The van der Waals surface area contributed by atoms with Gasteiger partial charge < -0.3 is 15.2 Å². The van der Waals surface area contributed by atoms with Gasteiger partial charge in [-0.1, -0.05) is 6.07 Å². The highest BCUT2D eigenvalue weighted by molar-refractivity contribution is 5.53. The minimum absolute atomic E-state index is 0.230. The normalized spacial score (nSPS) is 20.7. The first-order valence-corrected chi connectivity index (χ1v) is 5.86. The van der Waals surface area contributed by atoms with Crippen molar-refractivity contribution >= 4 is 5.69 Å². The van der Waals surface area contributed by atoms with Crippen LogP contribution in [0.5, 0.6) is 5.75 Å². The molecule has 1 atom stereocenters. The van der Waals surface area contributed by atoms with Crippen LogP contribution in [0.15, 0.2) is 18.2 Å². The van der Waals surface area contributed by atoms with Gasteiger partial charge in [-0.2, -0.15) is 0 Å². The lowest BCUT2D eigenvalue weighted by Gasteiger charge is -2.23. The van der Waals surface area contributed by atoms with E-state index in [2.05, 4.69) is 0 Å². The Morgan fingerprint density at radius 1 is 1.44 bits per heavy atom. The van der Waals surface area contributed by atoms with E-state index in [1.165, 1.54) is 12.8 Å². The predicted molar refractivity (Wildman–Crippen MR) is 64.7 cm³/mol. The quantitative estimate of drug-likeness (QED) is 0.798. The van der Waals surface area contributed by atoms with Crippen molar-refractivity contribution in [2.75, 3.05) is 18.9 Å². The Balaban J connectivity index is 1.90. The summed E-state index contributed by atoms with van der Waals surface area (Å²) in [5, 5.41) is 0. The summed E-state index contributed by atoms with van der Waals surface area (Å²) in [4.78, 5) is 0. The zero-order valence-corrected chi connectivity index (χ0v) is 9.74. The molecule has 3 heteroatoms. The molecule has 0 radical (unpaired) electrons. The maximum absolute atomic E-state index is 5.84. The van der Waals surface area contributed by atoms with Crippen LogP contribution < -0.4 is 10.5 Å². The molecule has 0 spiro atoms. The van der Waals surface area contributed by atoms with Crippen LogP contribution in [-0.2, 0) is 4.74 Å². The van der Waals surface area contributed by atoms with Gasteiger partial charge in [0.1, 0.15) is 12.4 Å². The Hall–Kier alpha value is -1.22. The molecule has 2 rings (SSSR count). The zero-order chi connectivity index (χ0) is 11.4. The van der Waals surface area contributed by atoms with Crippen LogP contribution in [0, 0.1) is 6.92 Å². The third-order valence-electron chi connectivity index (χ3n) is 2.87. The molecule has 0 unspecified atom stereocenters. The van der Waals surface area contributed by atoms with Crippen molar-refractivity contribution in [3.63, 3.8) is 0 Å². The van der Waals surface area contributed by atoms with E-state index in [1.54, 1.807) is 0 Å². The van der Waals surface area contributed by atoms with Crippen LogP contribution in [0.25, 0.3) is 0 Å². The van der Waals surface area contributed by atoms with Gasteiger partial charge in [-0.05, 0) is 43.9 Å². The molecule has 0 bridgehead atoms. The Morgan fingerprint density at radius 2 is 2.31 bits per heavy atom. The van der Waals surface area contributed by atoms with E-state index in [9.17, 15) is 0 Å². The molecule has 1 heterocycles. The number of hydrogen-bond donors (Lipinski definition) is 1. The molecule has 2 N–H and O–H groups in total. The van der Waals surface area contributed by atoms with Crippen molar-refractivity contribution in [1.82, 2.24) is 0 Å². The van der Waals surface area contributed by atoms with E-state index in [1.807, 2.05) is 25.1 Å². The molecular weight excluding hydrogens is 202 g/mol. The molecule has 1 saturated heterocycles. The number of nitrogens with two attached hydrogens (primary N) is 1. The lowest BCUT2D eigenvalue weighted by molar-refractivity contribution is -0.0109. The largest absolute Gasteiger partial charge is 0.489 e. The molecule has 1 aromatic rings. The van der Waals surface area contributed by atoms with Gasteiger partial charge in [0, 0.05) is 6.61 Å². The molecule has 16 heavy (non-hydrogen) atoms. The van der Waals surface area contributed by atoms with Crippen LogP contribution in [0.2, 0.25) is 0 Å². The first-order valence-electron chi connectivity index (χ1n) is 5.86. The number of rotatable bonds is 3. The van der Waals surface area contributed by atoms with Crippen molar-refractivity contribution in [2.45, 2.75) is 32.3 Å². The number of nitrogen functional groups attached to an aromatic ring is 1. The summed E-state index contributed by atoms with van der Waals surface area (Å²) in [5.74, 6) is 0.772. The Kier molecular flexibility index (Phi) is 3.67. The maximum atomic E-state index is 5.84. The summed E-state index contributed by atoms with van der Waals surface area (Å²) in [6.45, 7) is 3.49. The molecule has 1 fully saturated rings. The zero-order valence-electron chi connectivity index (χ0n) is 9.74. The highest BCUT2D eigenvalue weighted by atomic mass is 16.5. The molecular formula is C13H19NO2. The second-order valence-electron chi connectivity index (χ2n) is 4.34. The molecule has 3 nitrogen and oxygen atoms in total. The Labute approximate surface area is 96.5 Å². The fourth-order valence-corrected chi connectivity index (χ4v) is 1.89.